The number of urea groups is 2. The molecule has 2 saturated carbocycles. The fourth-order valence-corrected chi connectivity index (χ4v) is 2.39. The Morgan fingerprint density at radius 1 is 1.14 bits per heavy atom. The van der Waals surface area contributed by atoms with Crippen LogP contribution in [-0.2, 0) is 23.9 Å². The molecule has 11 heteroatoms. The van der Waals surface area contributed by atoms with Crippen LogP contribution < -0.4 is 16.4 Å². The van der Waals surface area contributed by atoms with E-state index in [4.69, 9.17) is 5.73 Å². The van der Waals surface area contributed by atoms with Crippen LogP contribution in [0.2, 0.25) is 0 Å². The largest absolute Gasteiger partial charge is 0.469 e. The van der Waals surface area contributed by atoms with E-state index in [1.165, 1.54) is 18.9 Å². The number of imide groups is 2. The van der Waals surface area contributed by atoms with E-state index in [1.807, 2.05) is 13.8 Å². The number of carbonyl (C=O) groups is 6. The van der Waals surface area contributed by atoms with E-state index in [1.54, 1.807) is 0 Å². The molecular weight excluding hydrogens is 384 g/mol. The first kappa shape index (κ1) is 24.1. The van der Waals surface area contributed by atoms with Crippen molar-refractivity contribution in [1.82, 2.24) is 15.5 Å². The SMILES string of the molecule is CC1(N2C(=O)CC(=O)NC2=O)CC1.CC1(NC(N)=O)CC1.COC(=O)CC(C)=O. The van der Waals surface area contributed by atoms with Gasteiger partial charge in [0.25, 0.3) is 0 Å². The van der Waals surface area contributed by atoms with Crippen molar-refractivity contribution in [2.75, 3.05) is 7.11 Å². The maximum absolute atomic E-state index is 11.3. The standard InChI is InChI=1S/C8H10N2O3.C5H10N2O.C5H8O3/c1-8(2-3-8)10-6(12)4-5(11)9-7(10)13;1-5(2-3-5)7-4(6)8;1-4(6)3-5(7)8-2/h2-4H2,1H3,(H,9,11,13);2-3H2,1H3,(H3,6,7,8);3H2,1-2H3. The number of ketones is 1. The summed E-state index contributed by atoms with van der Waals surface area (Å²) in [6.07, 6.45) is 3.48. The van der Waals surface area contributed by atoms with Gasteiger partial charge in [0.1, 0.15) is 18.6 Å². The van der Waals surface area contributed by atoms with Crippen molar-refractivity contribution < 1.29 is 33.5 Å². The van der Waals surface area contributed by atoms with Crippen LogP contribution in [0.1, 0.15) is 59.3 Å². The van der Waals surface area contributed by atoms with Crippen molar-refractivity contribution in [3.05, 3.63) is 0 Å². The normalized spacial score (nSPS) is 20.0. The quantitative estimate of drug-likeness (QED) is 0.443. The fraction of sp³-hybridized carbons (Fsp3) is 0.667. The maximum Gasteiger partial charge on any atom is 0.331 e. The lowest BCUT2D eigenvalue weighted by atomic mass is 10.2. The number of nitrogens with zero attached hydrogens (tertiary/aromatic N) is 1. The number of esters is 1. The summed E-state index contributed by atoms with van der Waals surface area (Å²) in [7, 11) is 1.26. The van der Waals surface area contributed by atoms with Gasteiger partial charge in [-0.25, -0.2) is 9.59 Å². The van der Waals surface area contributed by atoms with Crippen LogP contribution in [0.15, 0.2) is 0 Å². The molecule has 162 valence electrons. The molecule has 0 atom stereocenters. The molecule has 0 aromatic heterocycles. The van der Waals surface area contributed by atoms with Crippen LogP contribution in [0.25, 0.3) is 0 Å². The van der Waals surface area contributed by atoms with Gasteiger partial charge in [-0.15, -0.1) is 0 Å². The number of nitrogens with two attached hydrogens (primary N) is 1. The van der Waals surface area contributed by atoms with E-state index < -0.39 is 23.9 Å². The topological polar surface area (TPSA) is 165 Å². The summed E-state index contributed by atoms with van der Waals surface area (Å²) in [5.74, 6) is -1.53. The van der Waals surface area contributed by atoms with Crippen LogP contribution in [0, 0.1) is 0 Å². The summed E-state index contributed by atoms with van der Waals surface area (Å²) in [5.41, 5.74) is 4.58. The molecule has 0 unspecified atom stereocenters. The zero-order valence-electron chi connectivity index (χ0n) is 17.1. The van der Waals surface area contributed by atoms with E-state index in [2.05, 4.69) is 15.4 Å². The minimum absolute atomic E-state index is 0.0475. The summed E-state index contributed by atoms with van der Waals surface area (Å²) in [4.78, 5) is 65.1. The number of Topliss-reactive ketones (excluding diaryl/α,β-unsaturated/α-hetero) is 1. The van der Waals surface area contributed by atoms with Crippen LogP contribution >= 0.6 is 0 Å². The summed E-state index contributed by atoms with van der Waals surface area (Å²) >= 11 is 0. The Morgan fingerprint density at radius 3 is 1.97 bits per heavy atom. The first-order chi connectivity index (χ1) is 13.3. The van der Waals surface area contributed by atoms with Crippen molar-refractivity contribution in [3.63, 3.8) is 0 Å². The second kappa shape index (κ2) is 9.48. The molecule has 0 bridgehead atoms. The van der Waals surface area contributed by atoms with Gasteiger partial charge >= 0.3 is 18.0 Å². The maximum atomic E-state index is 11.3. The molecule has 3 rings (SSSR count). The first-order valence-corrected chi connectivity index (χ1v) is 9.13. The Morgan fingerprint density at radius 2 is 1.69 bits per heavy atom. The van der Waals surface area contributed by atoms with Gasteiger partial charge in [-0.1, -0.05) is 0 Å². The Kier molecular flexibility index (Phi) is 7.87. The van der Waals surface area contributed by atoms with Crippen molar-refractivity contribution in [2.24, 2.45) is 5.73 Å². The van der Waals surface area contributed by atoms with Gasteiger partial charge in [0.05, 0.1) is 7.11 Å². The lowest BCUT2D eigenvalue weighted by molar-refractivity contribution is -0.143. The first-order valence-electron chi connectivity index (χ1n) is 9.13. The molecule has 6 amide bonds. The van der Waals surface area contributed by atoms with Crippen LogP contribution in [0.3, 0.4) is 0 Å². The number of primary amides is 1. The number of hydrogen-bond donors (Lipinski definition) is 3. The zero-order chi connectivity index (χ0) is 22.4. The number of barbiturate groups is 1. The van der Waals surface area contributed by atoms with Crippen LogP contribution in [0.4, 0.5) is 9.59 Å². The Hall–Kier alpha value is -2.98. The summed E-state index contributed by atoms with van der Waals surface area (Å²) in [6.45, 7) is 5.18. The average Bonchev–Trinajstić information content (AvgIpc) is 3.46. The van der Waals surface area contributed by atoms with E-state index in [-0.39, 0.29) is 35.6 Å². The minimum Gasteiger partial charge on any atom is -0.469 e. The number of amides is 6. The van der Waals surface area contributed by atoms with Gasteiger partial charge in [-0.2, -0.15) is 0 Å². The molecule has 11 nitrogen and oxygen atoms in total. The smallest absolute Gasteiger partial charge is 0.331 e. The lowest BCUT2D eigenvalue weighted by Crippen LogP contribution is -2.56. The Labute approximate surface area is 168 Å². The average molecular weight is 412 g/mol. The molecule has 0 aromatic rings. The van der Waals surface area contributed by atoms with Gasteiger partial charge in [0.2, 0.25) is 11.8 Å². The molecule has 1 heterocycles. The predicted molar refractivity (Wildman–Crippen MR) is 100 cm³/mol. The van der Waals surface area contributed by atoms with E-state index >= 15 is 0 Å². The number of rotatable bonds is 4. The molecule has 0 spiro atoms. The van der Waals surface area contributed by atoms with Crippen molar-refractivity contribution in [2.45, 2.75) is 70.4 Å². The number of ether oxygens (including phenoxy) is 1. The van der Waals surface area contributed by atoms with Crippen molar-refractivity contribution >= 4 is 35.6 Å². The Balaban J connectivity index is 0.000000230. The second-order valence-corrected chi connectivity index (χ2v) is 7.76. The predicted octanol–water partition coefficient (Wildman–Crippen LogP) is 0.353. The summed E-state index contributed by atoms with van der Waals surface area (Å²) in [6, 6.07) is -0.980. The number of methoxy groups -OCH3 is 1. The fourth-order valence-electron chi connectivity index (χ4n) is 2.39. The number of carbonyl (C=O) groups excluding carboxylic acids is 6. The zero-order valence-corrected chi connectivity index (χ0v) is 17.1. The molecule has 3 fully saturated rings. The van der Waals surface area contributed by atoms with Crippen molar-refractivity contribution in [1.29, 1.82) is 0 Å². The second-order valence-electron chi connectivity index (χ2n) is 7.76. The number of hydrogen-bond acceptors (Lipinski definition) is 7. The third-order valence-electron chi connectivity index (χ3n) is 4.57. The van der Waals surface area contributed by atoms with Crippen LogP contribution in [0.5, 0.6) is 0 Å². The molecular formula is C18H28N4O7. The highest BCUT2D eigenvalue weighted by atomic mass is 16.5. The van der Waals surface area contributed by atoms with Crippen LogP contribution in [-0.4, -0.2) is 58.7 Å². The van der Waals surface area contributed by atoms with Gasteiger partial charge < -0.3 is 15.8 Å². The third-order valence-corrected chi connectivity index (χ3v) is 4.57. The molecule has 0 radical (unpaired) electrons. The molecule has 2 aliphatic carbocycles. The monoisotopic (exact) mass is 412 g/mol. The van der Waals surface area contributed by atoms with E-state index in [0.29, 0.717) is 0 Å². The molecule has 4 N–H and O–H groups in total. The molecule has 0 aromatic carbocycles. The molecule has 1 aliphatic heterocycles. The Bertz CT molecular complexity index is 691. The lowest BCUT2D eigenvalue weighted by Gasteiger charge is -2.30. The van der Waals surface area contributed by atoms with E-state index in [0.717, 1.165) is 25.7 Å². The summed E-state index contributed by atoms with van der Waals surface area (Å²) in [5, 5.41) is 4.77. The highest BCUT2D eigenvalue weighted by Crippen LogP contribution is 2.42. The van der Waals surface area contributed by atoms with Gasteiger partial charge in [-0.05, 0) is 46.5 Å². The highest BCUT2D eigenvalue weighted by molar-refractivity contribution is 6.14. The highest BCUT2D eigenvalue weighted by Gasteiger charge is 2.51. The molecule has 3 aliphatic rings. The third kappa shape index (κ3) is 8.28. The van der Waals surface area contributed by atoms with Gasteiger partial charge in [0.15, 0.2) is 0 Å². The van der Waals surface area contributed by atoms with E-state index in [9.17, 15) is 28.8 Å². The number of nitrogens with one attached hydrogen (secondary N) is 2. The van der Waals surface area contributed by atoms with Gasteiger partial charge in [0, 0.05) is 11.1 Å². The minimum atomic E-state index is -0.568. The van der Waals surface area contributed by atoms with Gasteiger partial charge in [-0.3, -0.25) is 29.4 Å². The molecule has 29 heavy (non-hydrogen) atoms. The summed E-state index contributed by atoms with van der Waals surface area (Å²) < 4.78 is 4.20. The van der Waals surface area contributed by atoms with Crippen molar-refractivity contribution in [3.8, 4) is 0 Å². The molecule has 1 saturated heterocycles.